The zero-order valence-electron chi connectivity index (χ0n) is 16.0. The van der Waals surface area contributed by atoms with Crippen LogP contribution in [0.3, 0.4) is 0 Å². The van der Waals surface area contributed by atoms with E-state index in [1.165, 1.54) is 18.2 Å². The molecule has 150 valence electrons. The fraction of sp³-hybridized carbons (Fsp3) is 0.227. The van der Waals surface area contributed by atoms with E-state index in [0.717, 1.165) is 11.3 Å². The molecule has 0 radical (unpaired) electrons. The van der Waals surface area contributed by atoms with E-state index < -0.39 is 11.6 Å². The van der Waals surface area contributed by atoms with E-state index in [1.54, 1.807) is 13.2 Å². The first kappa shape index (κ1) is 20.3. The molecule has 0 atom stereocenters. The molecule has 0 aliphatic heterocycles. The summed E-state index contributed by atoms with van der Waals surface area (Å²) in [6.45, 7) is 0.358. The monoisotopic (exact) mass is 396 g/mol. The number of methoxy groups -OCH3 is 1. The standard InChI is InChI=1S/C22H21FN2O4/c1-28-17-6-4-5-15(13-17)21-14-16(25-29-21)11-12-24-22(27)10-9-20(26)18-7-2-3-8-19(18)23/h2-8,13-14H,9-12H2,1H3,(H,24,27). The van der Waals surface area contributed by atoms with E-state index in [4.69, 9.17) is 9.26 Å². The quantitative estimate of drug-likeness (QED) is 0.556. The Labute approximate surface area is 167 Å². The number of aromatic nitrogens is 1. The lowest BCUT2D eigenvalue weighted by molar-refractivity contribution is -0.121. The van der Waals surface area contributed by atoms with E-state index >= 15 is 0 Å². The van der Waals surface area contributed by atoms with Gasteiger partial charge in [-0.1, -0.05) is 29.4 Å². The number of hydrogen-bond donors (Lipinski definition) is 1. The van der Waals surface area contributed by atoms with Gasteiger partial charge in [0.2, 0.25) is 5.91 Å². The molecule has 29 heavy (non-hydrogen) atoms. The average molecular weight is 396 g/mol. The molecule has 1 aromatic heterocycles. The maximum absolute atomic E-state index is 13.6. The Balaban J connectivity index is 1.44. The Kier molecular flexibility index (Phi) is 6.73. The minimum atomic E-state index is -0.573. The van der Waals surface area contributed by atoms with E-state index in [9.17, 15) is 14.0 Å². The number of amides is 1. The molecular weight excluding hydrogens is 375 g/mol. The van der Waals surface area contributed by atoms with Crippen LogP contribution in [0.5, 0.6) is 5.75 Å². The maximum Gasteiger partial charge on any atom is 0.220 e. The normalized spacial score (nSPS) is 10.6. The summed E-state index contributed by atoms with van der Waals surface area (Å²) >= 11 is 0. The molecule has 3 aromatic rings. The molecule has 6 nitrogen and oxygen atoms in total. The number of carbonyl (C=O) groups excluding carboxylic acids is 2. The van der Waals surface area contributed by atoms with E-state index in [2.05, 4.69) is 10.5 Å². The van der Waals surface area contributed by atoms with Gasteiger partial charge in [-0.25, -0.2) is 4.39 Å². The summed E-state index contributed by atoms with van der Waals surface area (Å²) < 4.78 is 24.1. The van der Waals surface area contributed by atoms with Crippen molar-refractivity contribution in [2.24, 2.45) is 0 Å². The van der Waals surface area contributed by atoms with E-state index in [1.807, 2.05) is 30.3 Å². The van der Waals surface area contributed by atoms with E-state index in [0.29, 0.717) is 24.4 Å². The number of halogens is 1. The zero-order chi connectivity index (χ0) is 20.6. The Hall–Kier alpha value is -3.48. The molecule has 0 aliphatic carbocycles. The number of ketones is 1. The number of nitrogens with one attached hydrogen (secondary N) is 1. The molecule has 0 spiro atoms. The van der Waals surface area contributed by atoms with Crippen molar-refractivity contribution in [2.45, 2.75) is 19.3 Å². The van der Waals surface area contributed by atoms with Crippen LogP contribution in [0.1, 0.15) is 28.9 Å². The van der Waals surface area contributed by atoms with Crippen molar-refractivity contribution in [1.29, 1.82) is 0 Å². The van der Waals surface area contributed by atoms with Crippen LogP contribution in [0.25, 0.3) is 11.3 Å². The smallest absolute Gasteiger partial charge is 0.220 e. The maximum atomic E-state index is 13.6. The largest absolute Gasteiger partial charge is 0.497 e. The van der Waals surface area contributed by atoms with Gasteiger partial charge in [0.25, 0.3) is 0 Å². The van der Waals surface area contributed by atoms with Gasteiger partial charge >= 0.3 is 0 Å². The first-order chi connectivity index (χ1) is 14.1. The van der Waals surface area contributed by atoms with Gasteiger partial charge in [-0.15, -0.1) is 0 Å². The van der Waals surface area contributed by atoms with E-state index in [-0.39, 0.29) is 24.3 Å². The molecule has 0 fully saturated rings. The SMILES string of the molecule is COc1cccc(-c2cc(CCNC(=O)CCC(=O)c3ccccc3F)no2)c1. The van der Waals surface area contributed by atoms with Gasteiger partial charge in [-0.2, -0.15) is 0 Å². The molecule has 0 bridgehead atoms. The highest BCUT2D eigenvalue weighted by Crippen LogP contribution is 2.24. The zero-order valence-corrected chi connectivity index (χ0v) is 16.0. The summed E-state index contributed by atoms with van der Waals surface area (Å²) in [5.41, 5.74) is 1.55. The third-order valence-electron chi connectivity index (χ3n) is 4.37. The second kappa shape index (κ2) is 9.64. The van der Waals surface area contributed by atoms with Crippen LogP contribution >= 0.6 is 0 Å². The van der Waals surface area contributed by atoms with Gasteiger partial charge in [0.05, 0.1) is 18.4 Å². The van der Waals surface area contributed by atoms with Crippen LogP contribution in [0.15, 0.2) is 59.1 Å². The lowest BCUT2D eigenvalue weighted by Crippen LogP contribution is -2.26. The van der Waals surface area contributed by atoms with Crippen molar-refractivity contribution in [3.63, 3.8) is 0 Å². The van der Waals surface area contributed by atoms with Crippen LogP contribution in [0, 0.1) is 5.82 Å². The van der Waals surface area contributed by atoms with Gasteiger partial charge < -0.3 is 14.6 Å². The molecule has 3 rings (SSSR count). The lowest BCUT2D eigenvalue weighted by atomic mass is 10.1. The van der Waals surface area contributed by atoms with Crippen molar-refractivity contribution in [1.82, 2.24) is 10.5 Å². The molecule has 0 aliphatic rings. The molecule has 7 heteroatoms. The van der Waals surface area contributed by atoms with Crippen molar-refractivity contribution in [3.8, 4) is 17.1 Å². The Morgan fingerprint density at radius 3 is 2.72 bits per heavy atom. The van der Waals surface area contributed by atoms with Crippen molar-refractivity contribution >= 4 is 11.7 Å². The Bertz CT molecular complexity index is 1000. The summed E-state index contributed by atoms with van der Waals surface area (Å²) in [7, 11) is 1.59. The minimum Gasteiger partial charge on any atom is -0.497 e. The first-order valence-corrected chi connectivity index (χ1v) is 9.21. The van der Waals surface area contributed by atoms with Gasteiger partial charge in [0.1, 0.15) is 11.6 Å². The molecule has 0 saturated carbocycles. The second-order valence-electron chi connectivity index (χ2n) is 6.42. The molecular formula is C22H21FN2O4. The summed E-state index contributed by atoms with van der Waals surface area (Å²) in [4.78, 5) is 23.9. The number of rotatable bonds is 9. The number of ether oxygens (including phenoxy) is 1. The molecule has 1 amide bonds. The molecule has 1 N–H and O–H groups in total. The number of nitrogens with zero attached hydrogens (tertiary/aromatic N) is 1. The second-order valence-corrected chi connectivity index (χ2v) is 6.42. The summed E-state index contributed by atoms with van der Waals surface area (Å²) in [6, 6.07) is 15.0. The highest BCUT2D eigenvalue weighted by molar-refractivity contribution is 5.98. The number of carbonyl (C=O) groups is 2. The van der Waals surface area contributed by atoms with Crippen molar-refractivity contribution in [3.05, 3.63) is 71.7 Å². The summed E-state index contributed by atoms with van der Waals surface area (Å²) in [5.74, 6) is 0.0954. The van der Waals surface area contributed by atoms with Crippen molar-refractivity contribution in [2.75, 3.05) is 13.7 Å². The van der Waals surface area contributed by atoms with Gasteiger partial charge in [-0.05, 0) is 24.3 Å². The first-order valence-electron chi connectivity index (χ1n) is 9.21. The predicted molar refractivity (Wildman–Crippen MR) is 105 cm³/mol. The minimum absolute atomic E-state index is 0.00103. The summed E-state index contributed by atoms with van der Waals surface area (Å²) in [6.07, 6.45) is 0.443. The Morgan fingerprint density at radius 2 is 1.93 bits per heavy atom. The molecule has 0 unspecified atom stereocenters. The van der Waals surface area contributed by atoms with Crippen molar-refractivity contribution < 1.29 is 23.2 Å². The number of hydrogen-bond acceptors (Lipinski definition) is 5. The number of Topliss-reactive ketones (excluding diaryl/α,β-unsaturated/α-hetero) is 1. The van der Waals surface area contributed by atoms with Gasteiger partial charge in [0.15, 0.2) is 11.5 Å². The van der Waals surface area contributed by atoms with Crippen LogP contribution in [-0.2, 0) is 11.2 Å². The molecule has 0 saturated heterocycles. The summed E-state index contributed by atoms with van der Waals surface area (Å²) in [5, 5.41) is 6.74. The van der Waals surface area contributed by atoms with Gasteiger partial charge in [-0.3, -0.25) is 9.59 Å². The third-order valence-corrected chi connectivity index (χ3v) is 4.37. The number of benzene rings is 2. The molecule has 2 aromatic carbocycles. The third kappa shape index (κ3) is 5.51. The highest BCUT2D eigenvalue weighted by Gasteiger charge is 2.13. The van der Waals surface area contributed by atoms with Crippen LogP contribution in [-0.4, -0.2) is 30.5 Å². The average Bonchev–Trinajstić information content (AvgIpc) is 3.21. The fourth-order valence-electron chi connectivity index (χ4n) is 2.81. The lowest BCUT2D eigenvalue weighted by Gasteiger charge is -2.04. The topological polar surface area (TPSA) is 81.4 Å². The predicted octanol–water partition coefficient (Wildman–Crippen LogP) is 3.81. The van der Waals surface area contributed by atoms with Crippen LogP contribution < -0.4 is 10.1 Å². The van der Waals surface area contributed by atoms with Crippen LogP contribution in [0.2, 0.25) is 0 Å². The van der Waals surface area contributed by atoms with Crippen LogP contribution in [0.4, 0.5) is 4.39 Å². The molecule has 1 heterocycles. The van der Waals surface area contributed by atoms with Gasteiger partial charge in [0, 0.05) is 37.4 Å². The Morgan fingerprint density at radius 1 is 1.10 bits per heavy atom. The highest BCUT2D eigenvalue weighted by atomic mass is 19.1. The fourth-order valence-corrected chi connectivity index (χ4v) is 2.81.